The van der Waals surface area contributed by atoms with Crippen LogP contribution in [0, 0.1) is 11.6 Å². The summed E-state index contributed by atoms with van der Waals surface area (Å²) >= 11 is 4.30. The average Bonchev–Trinajstić information content (AvgIpc) is 4.30. The van der Waals surface area contributed by atoms with Crippen molar-refractivity contribution >= 4 is 96.6 Å². The van der Waals surface area contributed by atoms with Crippen molar-refractivity contribution in [3.8, 4) is 5.75 Å². The summed E-state index contributed by atoms with van der Waals surface area (Å²) < 4.78 is 48.4. The molecule has 78 heavy (non-hydrogen) atoms. The lowest BCUT2D eigenvalue weighted by Gasteiger charge is -2.49. The van der Waals surface area contributed by atoms with Crippen LogP contribution in [0.5, 0.6) is 5.75 Å². The van der Waals surface area contributed by atoms with Crippen molar-refractivity contribution in [2.24, 2.45) is 5.16 Å². The van der Waals surface area contributed by atoms with Crippen LogP contribution in [0.2, 0.25) is 0 Å². The molecule has 10 rings (SSSR count). The number of thiazole rings is 1. The SMILES string of the molecule is CCOC(=O)c1c(SCC2=C(C(=O)OCc3ccc(OC)cc3)N3C(=O)C(NC(=O)/C(=N\OC)c4csc(NC(c5ccccc5)(c5ccccc5)c5ccccc5)n4)[C@H]3SC2)sc2c(F)c(N3CCCC3)c(F)cc2c1=O. The predicted octanol–water partition coefficient (Wildman–Crippen LogP) is 9.73. The van der Waals surface area contributed by atoms with Gasteiger partial charge < -0.3 is 34.6 Å². The number of nitrogens with one attached hydrogen (secondary N) is 2. The highest BCUT2D eigenvalue weighted by Gasteiger charge is 2.55. The van der Waals surface area contributed by atoms with Gasteiger partial charge in [-0.1, -0.05) is 108 Å². The van der Waals surface area contributed by atoms with Gasteiger partial charge in [-0.2, -0.15) is 0 Å². The summed E-state index contributed by atoms with van der Waals surface area (Å²) in [6.07, 6.45) is 1.50. The highest BCUT2D eigenvalue weighted by Crippen LogP contribution is 2.45. The van der Waals surface area contributed by atoms with E-state index < -0.39 is 63.3 Å². The summed E-state index contributed by atoms with van der Waals surface area (Å²) in [5.41, 5.74) is 1.24. The topological polar surface area (TPSA) is 178 Å². The van der Waals surface area contributed by atoms with Crippen LogP contribution in [0.1, 0.15) is 58.1 Å². The second-order valence-corrected chi connectivity index (χ2v) is 22.3. The number of benzene rings is 5. The van der Waals surface area contributed by atoms with Crippen LogP contribution in [0.3, 0.4) is 0 Å². The Kier molecular flexibility index (Phi) is 16.3. The summed E-state index contributed by atoms with van der Waals surface area (Å²) in [5.74, 6) is -4.39. The van der Waals surface area contributed by atoms with Crippen molar-refractivity contribution in [1.29, 1.82) is 0 Å². The largest absolute Gasteiger partial charge is 0.497 e. The number of aromatic nitrogens is 1. The van der Waals surface area contributed by atoms with Gasteiger partial charge in [-0.25, -0.2) is 23.4 Å². The second kappa shape index (κ2) is 23.6. The number of oxime groups is 1. The van der Waals surface area contributed by atoms with Crippen molar-refractivity contribution in [2.75, 3.05) is 55.6 Å². The molecule has 0 bridgehead atoms. The molecule has 5 aromatic carbocycles. The van der Waals surface area contributed by atoms with Crippen molar-refractivity contribution in [3.05, 3.63) is 193 Å². The number of carbonyl (C=O) groups is 4. The van der Waals surface area contributed by atoms with E-state index in [1.165, 1.54) is 42.2 Å². The van der Waals surface area contributed by atoms with Gasteiger partial charge in [-0.3, -0.25) is 19.3 Å². The lowest BCUT2D eigenvalue weighted by Crippen LogP contribution is -2.71. The van der Waals surface area contributed by atoms with Gasteiger partial charge in [-0.15, -0.1) is 46.2 Å². The number of esters is 2. The van der Waals surface area contributed by atoms with Crippen LogP contribution in [-0.2, 0) is 40.8 Å². The smallest absolute Gasteiger partial charge is 0.355 e. The van der Waals surface area contributed by atoms with E-state index in [-0.39, 0.29) is 61.8 Å². The third-order valence-corrected chi connectivity index (χ3v) is 18.1. The van der Waals surface area contributed by atoms with Gasteiger partial charge in [0.2, 0.25) is 5.43 Å². The lowest BCUT2D eigenvalue weighted by atomic mass is 9.77. The minimum absolute atomic E-state index is 0.0747. The maximum atomic E-state index is 16.4. The molecule has 21 heteroatoms. The van der Waals surface area contributed by atoms with Crippen LogP contribution < -0.4 is 25.7 Å². The Labute approximate surface area is 463 Å². The molecule has 0 radical (unpaired) electrons. The van der Waals surface area contributed by atoms with Gasteiger partial charge >= 0.3 is 11.9 Å². The fourth-order valence-electron chi connectivity index (χ4n) is 9.70. The molecule has 5 heterocycles. The minimum Gasteiger partial charge on any atom is -0.497 e. The molecule has 3 aliphatic heterocycles. The number of nitrogens with zero attached hydrogens (tertiary/aromatic N) is 4. The zero-order chi connectivity index (χ0) is 54.5. The first-order chi connectivity index (χ1) is 37.9. The molecular weight excluding hydrogens is 1080 g/mol. The highest BCUT2D eigenvalue weighted by molar-refractivity contribution is 8.02. The van der Waals surface area contributed by atoms with E-state index in [0.717, 1.165) is 58.7 Å². The standard InChI is InChI=1S/C57H50F2N6O9S4/c1-4-73-53(69)42-48(66)39-28-40(58)47(64-26-14-15-27-64)43(59)49(39)78-55(42)76-31-34-30-75-52-45(51(68)65(52)46(34)54(70)74-29-33-22-24-38(71-2)25-23-33)61-50(67)44(63-72-3)41-32-77-56(60-41)62-57(35-16-8-5-9-17-35,36-18-10-6-11-19-36)37-20-12-7-13-21-37/h5-13,16-25,28,32,45,52H,4,14-15,26-27,29-31H2,1-3H3,(H,60,62)(H,61,67)/b63-44-/t45?,52-/m1/s1. The molecule has 3 aliphatic rings. The number of anilines is 2. The van der Waals surface area contributed by atoms with Crippen molar-refractivity contribution in [1.82, 2.24) is 15.2 Å². The van der Waals surface area contributed by atoms with Crippen molar-refractivity contribution in [2.45, 2.75) is 47.5 Å². The number of halogens is 2. The molecule has 7 aromatic rings. The fourth-order valence-corrected chi connectivity index (χ4v) is 14.4. The molecule has 15 nitrogen and oxygen atoms in total. The Morgan fingerprint density at radius 2 is 1.50 bits per heavy atom. The third kappa shape index (κ3) is 10.5. The number of methoxy groups -OCH3 is 1. The third-order valence-electron chi connectivity index (χ3n) is 13.4. The molecule has 2 fully saturated rings. The molecule has 2 aromatic heterocycles. The molecule has 2 N–H and O–H groups in total. The summed E-state index contributed by atoms with van der Waals surface area (Å²) in [6.45, 7) is 2.19. The van der Waals surface area contributed by atoms with E-state index in [9.17, 15) is 24.0 Å². The van der Waals surface area contributed by atoms with E-state index in [0.29, 0.717) is 35.1 Å². The predicted molar refractivity (Wildman–Crippen MR) is 299 cm³/mol. The summed E-state index contributed by atoms with van der Waals surface area (Å²) in [6, 6.07) is 36.5. The quantitative estimate of drug-likeness (QED) is 0.0195. The lowest BCUT2D eigenvalue weighted by molar-refractivity contribution is -0.153. The Hall–Kier alpha value is -7.59. The van der Waals surface area contributed by atoms with Crippen LogP contribution in [0.25, 0.3) is 10.1 Å². The maximum absolute atomic E-state index is 16.4. The van der Waals surface area contributed by atoms with Gasteiger partial charge in [0, 0.05) is 35.4 Å². The normalized spacial score (nSPS) is 16.4. The number of hydrogen-bond donors (Lipinski definition) is 2. The number of amides is 2. The van der Waals surface area contributed by atoms with Gasteiger partial charge in [0.05, 0.1) is 22.6 Å². The van der Waals surface area contributed by atoms with Crippen LogP contribution in [0.15, 0.2) is 152 Å². The van der Waals surface area contributed by atoms with E-state index in [1.807, 2.05) is 91.0 Å². The zero-order valence-corrected chi connectivity index (χ0v) is 45.6. The first kappa shape index (κ1) is 53.8. The summed E-state index contributed by atoms with van der Waals surface area (Å²) in [4.78, 5) is 83.7. The first-order valence-corrected chi connectivity index (χ1v) is 28.5. The number of thioether (sulfide) groups is 2. The molecule has 0 saturated carbocycles. The van der Waals surface area contributed by atoms with Crippen LogP contribution in [-0.4, -0.2) is 96.2 Å². The van der Waals surface area contributed by atoms with Crippen LogP contribution in [0.4, 0.5) is 19.6 Å². The number of ether oxygens (including phenoxy) is 3. The van der Waals surface area contributed by atoms with Gasteiger partial charge in [-0.05, 0) is 65.8 Å². The monoisotopic (exact) mass is 1130 g/mol. The number of hydrogen-bond acceptors (Lipinski definition) is 17. The highest BCUT2D eigenvalue weighted by atomic mass is 32.2. The van der Waals surface area contributed by atoms with Gasteiger partial charge in [0.1, 0.15) is 64.9 Å². The Balaban J connectivity index is 0.940. The zero-order valence-electron chi connectivity index (χ0n) is 42.3. The number of β-lactam (4-membered cyclic amide) rings is 1. The van der Waals surface area contributed by atoms with Crippen molar-refractivity contribution in [3.63, 3.8) is 0 Å². The fraction of sp³-hybridized carbons (Fsp3) is 0.246. The number of carbonyl (C=O) groups excluding carboxylic acids is 4. The molecule has 0 spiro atoms. The molecule has 2 atom stereocenters. The molecule has 0 aliphatic carbocycles. The summed E-state index contributed by atoms with van der Waals surface area (Å²) in [7, 11) is 2.82. The van der Waals surface area contributed by atoms with Crippen LogP contribution >= 0.6 is 46.2 Å². The molecule has 2 saturated heterocycles. The van der Waals surface area contributed by atoms with Crippen molar-refractivity contribution < 1.29 is 47.0 Å². The Bertz CT molecular complexity index is 3430. The second-order valence-electron chi connectivity index (χ2n) is 18.1. The number of fused-ring (bicyclic) bond motifs is 2. The van der Waals surface area contributed by atoms with E-state index in [4.69, 9.17) is 24.0 Å². The molecule has 2 amide bonds. The Morgan fingerprint density at radius 3 is 2.10 bits per heavy atom. The molecular formula is C57H50F2N6O9S4. The van der Waals surface area contributed by atoms with E-state index in [1.54, 1.807) is 41.5 Å². The number of rotatable bonds is 19. The molecule has 400 valence electrons. The first-order valence-electron chi connectivity index (χ1n) is 24.8. The average molecular weight is 1130 g/mol. The van der Waals surface area contributed by atoms with E-state index in [2.05, 4.69) is 15.8 Å². The van der Waals surface area contributed by atoms with E-state index >= 15 is 8.78 Å². The molecule has 1 unspecified atom stereocenters. The minimum atomic E-state index is -1.14. The van der Waals surface area contributed by atoms with Gasteiger partial charge in [0.15, 0.2) is 16.7 Å². The summed E-state index contributed by atoms with van der Waals surface area (Å²) in [5, 5.41) is 11.6. The Morgan fingerprint density at radius 1 is 0.859 bits per heavy atom. The van der Waals surface area contributed by atoms with Gasteiger partial charge in [0.25, 0.3) is 11.8 Å². The maximum Gasteiger partial charge on any atom is 0.355 e.